The molecule has 0 spiro atoms. The highest BCUT2D eigenvalue weighted by Crippen LogP contribution is 2.25. The van der Waals surface area contributed by atoms with E-state index < -0.39 is 4.92 Å². The first-order chi connectivity index (χ1) is 9.61. The molecule has 1 atom stereocenters. The Morgan fingerprint density at radius 3 is 2.90 bits per heavy atom. The Balaban J connectivity index is 1.57. The van der Waals surface area contributed by atoms with Crippen LogP contribution >= 0.6 is 22.6 Å². The van der Waals surface area contributed by atoms with Crippen molar-refractivity contribution in [2.45, 2.75) is 12.6 Å². The summed E-state index contributed by atoms with van der Waals surface area (Å²) in [5.41, 5.74) is 0. The molecule has 0 saturated carbocycles. The Morgan fingerprint density at radius 1 is 1.50 bits per heavy atom. The molecular weight excluding hydrogens is 377 g/mol. The molecule has 0 saturated heterocycles. The fourth-order valence-corrected chi connectivity index (χ4v) is 2.27. The number of ether oxygens (including phenoxy) is 2. The van der Waals surface area contributed by atoms with Crippen LogP contribution in [0.1, 0.15) is 0 Å². The largest absolute Gasteiger partial charge is 0.490 e. The van der Waals surface area contributed by atoms with Crippen LogP contribution in [0, 0.1) is 13.7 Å². The first-order valence-corrected chi connectivity index (χ1v) is 6.96. The first-order valence-electron chi connectivity index (χ1n) is 5.88. The van der Waals surface area contributed by atoms with E-state index in [1.807, 2.05) is 24.3 Å². The fourth-order valence-electron chi connectivity index (χ4n) is 1.91. The molecule has 0 aliphatic carbocycles. The zero-order valence-electron chi connectivity index (χ0n) is 10.2. The van der Waals surface area contributed by atoms with E-state index in [-0.39, 0.29) is 17.9 Å². The lowest BCUT2D eigenvalue weighted by Gasteiger charge is -2.10. The zero-order chi connectivity index (χ0) is 14.1. The van der Waals surface area contributed by atoms with Crippen molar-refractivity contribution in [2.24, 2.45) is 0 Å². The summed E-state index contributed by atoms with van der Waals surface area (Å²) in [4.78, 5) is 13.8. The van der Waals surface area contributed by atoms with E-state index in [4.69, 9.17) is 9.47 Å². The standard InChI is InChI=1S/C12H10IN3O4/c13-8-1-3-9(4-2-8)19-7-10-5-15-6-11(16(17)18)14-12(15)20-10/h1-4,6,10H,5,7H2. The fraction of sp³-hybridized carbons (Fsp3) is 0.250. The minimum Gasteiger partial charge on any atom is -0.490 e. The Labute approximate surface area is 127 Å². The molecule has 1 aliphatic rings. The van der Waals surface area contributed by atoms with Crippen LogP contribution in [0.25, 0.3) is 0 Å². The van der Waals surface area contributed by atoms with Gasteiger partial charge in [0.05, 0.1) is 6.54 Å². The molecule has 1 aromatic heterocycles. The van der Waals surface area contributed by atoms with Gasteiger partial charge in [0.25, 0.3) is 0 Å². The Kier molecular flexibility index (Phi) is 3.47. The number of nitro groups is 1. The number of halogens is 1. The summed E-state index contributed by atoms with van der Waals surface area (Å²) in [7, 11) is 0. The number of rotatable bonds is 4. The molecule has 1 aliphatic heterocycles. The number of aromatic nitrogens is 2. The number of hydrogen-bond acceptors (Lipinski definition) is 5. The van der Waals surface area contributed by atoms with E-state index in [2.05, 4.69) is 27.6 Å². The summed E-state index contributed by atoms with van der Waals surface area (Å²) < 4.78 is 13.9. The first kappa shape index (κ1) is 13.2. The molecule has 2 heterocycles. The molecule has 104 valence electrons. The average molecular weight is 387 g/mol. The maximum atomic E-state index is 10.6. The summed E-state index contributed by atoms with van der Waals surface area (Å²) in [6.07, 6.45) is 1.19. The van der Waals surface area contributed by atoms with E-state index in [1.165, 1.54) is 6.20 Å². The predicted molar refractivity (Wildman–Crippen MR) is 78.0 cm³/mol. The summed E-state index contributed by atoms with van der Waals surface area (Å²) in [5.74, 6) is 0.571. The van der Waals surface area contributed by atoms with Gasteiger partial charge in [-0.1, -0.05) is 0 Å². The van der Waals surface area contributed by atoms with Crippen molar-refractivity contribution in [1.82, 2.24) is 9.55 Å². The van der Waals surface area contributed by atoms with Crippen LogP contribution in [0.3, 0.4) is 0 Å². The Bertz CT molecular complexity index is 617. The third-order valence-corrected chi connectivity index (χ3v) is 3.56. The quantitative estimate of drug-likeness (QED) is 0.457. The Morgan fingerprint density at radius 2 is 2.25 bits per heavy atom. The second kappa shape index (κ2) is 5.27. The smallest absolute Gasteiger partial charge is 0.414 e. The van der Waals surface area contributed by atoms with Crippen LogP contribution in [0.2, 0.25) is 0 Å². The van der Waals surface area contributed by atoms with Crippen molar-refractivity contribution in [3.8, 4) is 11.8 Å². The molecule has 20 heavy (non-hydrogen) atoms. The van der Waals surface area contributed by atoms with Crippen LogP contribution in [-0.2, 0) is 6.54 Å². The average Bonchev–Trinajstić information content (AvgIpc) is 2.96. The van der Waals surface area contributed by atoms with Crippen LogP contribution in [-0.4, -0.2) is 27.2 Å². The molecule has 0 fully saturated rings. The van der Waals surface area contributed by atoms with Crippen molar-refractivity contribution >= 4 is 28.4 Å². The zero-order valence-corrected chi connectivity index (χ0v) is 12.4. The SMILES string of the molecule is O=[N+]([O-])c1cn2c(n1)OC(COc1ccc(I)cc1)C2. The normalized spacial score (nSPS) is 16.6. The summed E-state index contributed by atoms with van der Waals surface area (Å²) in [6.45, 7) is 0.873. The molecule has 1 unspecified atom stereocenters. The summed E-state index contributed by atoms with van der Waals surface area (Å²) in [6, 6.07) is 7.97. The lowest BCUT2D eigenvalue weighted by molar-refractivity contribution is -0.389. The van der Waals surface area contributed by atoms with Crippen molar-refractivity contribution in [1.29, 1.82) is 0 Å². The van der Waals surface area contributed by atoms with Gasteiger partial charge in [-0.15, -0.1) is 0 Å². The summed E-state index contributed by atoms with van der Waals surface area (Å²) in [5, 5.41) is 10.6. The van der Waals surface area contributed by atoms with Crippen LogP contribution in [0.15, 0.2) is 30.5 Å². The lowest BCUT2D eigenvalue weighted by atomic mass is 10.3. The van der Waals surface area contributed by atoms with Gasteiger partial charge in [-0.3, -0.25) is 4.57 Å². The predicted octanol–water partition coefficient (Wildman–Crippen LogP) is 2.24. The molecule has 0 bridgehead atoms. The molecule has 3 rings (SSSR count). The second-order valence-corrected chi connectivity index (χ2v) is 5.54. The topological polar surface area (TPSA) is 79.4 Å². The number of hydrogen-bond donors (Lipinski definition) is 0. The highest BCUT2D eigenvalue weighted by molar-refractivity contribution is 14.1. The summed E-state index contributed by atoms with van der Waals surface area (Å²) >= 11 is 2.22. The van der Waals surface area contributed by atoms with Gasteiger partial charge in [-0.05, 0) is 51.8 Å². The highest BCUT2D eigenvalue weighted by Gasteiger charge is 2.31. The third-order valence-electron chi connectivity index (χ3n) is 2.84. The molecule has 7 nitrogen and oxygen atoms in total. The maximum Gasteiger partial charge on any atom is 0.414 e. The van der Waals surface area contributed by atoms with E-state index in [0.29, 0.717) is 13.2 Å². The Hall–Kier alpha value is -1.84. The number of fused-ring (bicyclic) bond motifs is 1. The molecule has 0 amide bonds. The monoisotopic (exact) mass is 387 g/mol. The van der Waals surface area contributed by atoms with E-state index in [9.17, 15) is 10.1 Å². The van der Waals surface area contributed by atoms with E-state index in [1.54, 1.807) is 4.57 Å². The van der Waals surface area contributed by atoms with Gasteiger partial charge in [0.15, 0.2) is 6.10 Å². The van der Waals surface area contributed by atoms with Crippen molar-refractivity contribution in [3.63, 3.8) is 0 Å². The minimum atomic E-state index is -0.536. The molecule has 8 heteroatoms. The highest BCUT2D eigenvalue weighted by atomic mass is 127. The van der Waals surface area contributed by atoms with Gasteiger partial charge < -0.3 is 19.6 Å². The molecule has 1 aromatic carbocycles. The third kappa shape index (κ3) is 2.69. The van der Waals surface area contributed by atoms with Crippen LogP contribution in [0.5, 0.6) is 11.8 Å². The van der Waals surface area contributed by atoms with Gasteiger partial charge >= 0.3 is 11.8 Å². The van der Waals surface area contributed by atoms with Gasteiger partial charge in [0.2, 0.25) is 0 Å². The molecule has 2 aromatic rings. The van der Waals surface area contributed by atoms with Crippen molar-refractivity contribution < 1.29 is 14.4 Å². The molecular formula is C12H10IN3O4. The van der Waals surface area contributed by atoms with E-state index >= 15 is 0 Å². The molecule has 0 N–H and O–H groups in total. The van der Waals surface area contributed by atoms with Crippen LogP contribution in [0.4, 0.5) is 5.82 Å². The van der Waals surface area contributed by atoms with Crippen molar-refractivity contribution in [2.75, 3.05) is 6.61 Å². The number of imidazole rings is 1. The van der Waals surface area contributed by atoms with Gasteiger partial charge in [0.1, 0.15) is 18.6 Å². The van der Waals surface area contributed by atoms with E-state index in [0.717, 1.165) is 9.32 Å². The molecule has 0 radical (unpaired) electrons. The van der Waals surface area contributed by atoms with Crippen LogP contribution < -0.4 is 9.47 Å². The van der Waals surface area contributed by atoms with Crippen molar-refractivity contribution in [3.05, 3.63) is 44.1 Å². The lowest BCUT2D eigenvalue weighted by Crippen LogP contribution is -2.23. The minimum absolute atomic E-state index is 0.183. The van der Waals surface area contributed by atoms with Gasteiger partial charge in [-0.2, -0.15) is 0 Å². The second-order valence-electron chi connectivity index (χ2n) is 4.30. The number of nitrogens with zero attached hydrogens (tertiary/aromatic N) is 3. The van der Waals surface area contributed by atoms with Gasteiger partial charge in [-0.25, -0.2) is 0 Å². The maximum absolute atomic E-state index is 10.6. The van der Waals surface area contributed by atoms with Gasteiger partial charge in [0, 0.05) is 8.55 Å². The number of benzene rings is 1.